The van der Waals surface area contributed by atoms with Gasteiger partial charge in [0.1, 0.15) is 5.60 Å². The zero-order chi connectivity index (χ0) is 15.0. The molecule has 0 aromatic heterocycles. The van der Waals surface area contributed by atoms with Crippen molar-refractivity contribution in [3.63, 3.8) is 0 Å². The minimum atomic E-state index is -0.815. The fourth-order valence-electron chi connectivity index (χ4n) is 3.40. The van der Waals surface area contributed by atoms with Crippen molar-refractivity contribution < 1.29 is 19.4 Å². The van der Waals surface area contributed by atoms with E-state index in [1.807, 2.05) is 4.90 Å². The summed E-state index contributed by atoms with van der Waals surface area (Å²) in [5.41, 5.74) is -0.815. The van der Waals surface area contributed by atoms with Crippen LogP contribution in [0.4, 0.5) is 0 Å². The first-order valence-corrected chi connectivity index (χ1v) is 7.87. The molecule has 0 radical (unpaired) electrons. The number of aliphatic hydroxyl groups is 1. The van der Waals surface area contributed by atoms with E-state index in [0.29, 0.717) is 45.4 Å². The Morgan fingerprint density at radius 1 is 1.10 bits per heavy atom. The van der Waals surface area contributed by atoms with E-state index in [1.54, 1.807) is 12.0 Å². The maximum absolute atomic E-state index is 12.7. The van der Waals surface area contributed by atoms with Crippen LogP contribution in [0.1, 0.15) is 32.1 Å². The second-order valence-corrected chi connectivity index (χ2v) is 6.49. The van der Waals surface area contributed by atoms with Gasteiger partial charge < -0.3 is 19.6 Å². The molecule has 0 aromatic rings. The molecule has 2 aliphatic heterocycles. The van der Waals surface area contributed by atoms with Gasteiger partial charge in [-0.05, 0) is 19.3 Å². The van der Waals surface area contributed by atoms with Gasteiger partial charge in [0, 0.05) is 52.0 Å². The normalized spacial score (nSPS) is 28.8. The minimum Gasteiger partial charge on any atom is -0.391 e. The van der Waals surface area contributed by atoms with E-state index < -0.39 is 11.7 Å². The molecule has 1 aliphatic carbocycles. The fourth-order valence-corrected chi connectivity index (χ4v) is 3.40. The van der Waals surface area contributed by atoms with Gasteiger partial charge in [-0.15, -0.1) is 0 Å². The largest absolute Gasteiger partial charge is 0.391 e. The molecule has 118 valence electrons. The number of nitrogens with zero attached hydrogens (tertiary/aromatic N) is 2. The number of hydrogen-bond donors (Lipinski definition) is 1. The van der Waals surface area contributed by atoms with Gasteiger partial charge in [-0.3, -0.25) is 9.59 Å². The summed E-state index contributed by atoms with van der Waals surface area (Å²) in [5.74, 6) is 0.438. The summed E-state index contributed by atoms with van der Waals surface area (Å²) >= 11 is 0. The number of piperidine rings is 1. The number of methoxy groups -OCH3 is 1. The Bertz CT molecular complexity index is 427. The van der Waals surface area contributed by atoms with Gasteiger partial charge in [-0.25, -0.2) is 0 Å². The van der Waals surface area contributed by atoms with E-state index in [9.17, 15) is 14.7 Å². The van der Waals surface area contributed by atoms with Crippen molar-refractivity contribution in [2.75, 3.05) is 33.3 Å². The number of carbonyl (C=O) groups is 2. The summed E-state index contributed by atoms with van der Waals surface area (Å²) in [7, 11) is 1.57. The lowest BCUT2D eigenvalue weighted by molar-refractivity contribution is -0.163. The van der Waals surface area contributed by atoms with Crippen molar-refractivity contribution in [1.29, 1.82) is 0 Å². The van der Waals surface area contributed by atoms with Gasteiger partial charge in [0.25, 0.3) is 5.91 Å². The molecule has 3 aliphatic rings. The van der Waals surface area contributed by atoms with Crippen LogP contribution in [0.2, 0.25) is 0 Å². The number of likely N-dealkylation sites (tertiary alicyclic amines) is 2. The highest BCUT2D eigenvalue weighted by Crippen LogP contribution is 2.35. The highest BCUT2D eigenvalue weighted by atomic mass is 16.5. The smallest absolute Gasteiger partial charge is 0.255 e. The first kappa shape index (κ1) is 14.8. The zero-order valence-electron chi connectivity index (χ0n) is 12.6. The molecule has 1 saturated carbocycles. The Kier molecular flexibility index (Phi) is 3.92. The Balaban J connectivity index is 1.62. The van der Waals surface area contributed by atoms with Crippen LogP contribution in [0.5, 0.6) is 0 Å². The molecule has 2 amide bonds. The second kappa shape index (κ2) is 5.57. The van der Waals surface area contributed by atoms with Crippen LogP contribution >= 0.6 is 0 Å². The van der Waals surface area contributed by atoms with Crippen molar-refractivity contribution in [1.82, 2.24) is 9.80 Å². The van der Waals surface area contributed by atoms with Crippen LogP contribution < -0.4 is 0 Å². The summed E-state index contributed by atoms with van der Waals surface area (Å²) in [6, 6.07) is 0. The Morgan fingerprint density at radius 3 is 2.24 bits per heavy atom. The molecule has 0 bridgehead atoms. The number of rotatable bonds is 3. The Morgan fingerprint density at radius 2 is 1.76 bits per heavy atom. The van der Waals surface area contributed by atoms with Crippen LogP contribution in [0.3, 0.4) is 0 Å². The predicted molar refractivity (Wildman–Crippen MR) is 75.5 cm³/mol. The highest BCUT2D eigenvalue weighted by molar-refractivity contribution is 5.86. The van der Waals surface area contributed by atoms with E-state index >= 15 is 0 Å². The molecule has 3 fully saturated rings. The van der Waals surface area contributed by atoms with E-state index in [1.165, 1.54) is 0 Å². The van der Waals surface area contributed by atoms with Gasteiger partial charge in [-0.1, -0.05) is 0 Å². The fraction of sp³-hybridized carbons (Fsp3) is 0.867. The standard InChI is InChI=1S/C15H24N2O4/c1-21-15(14(20)17-7-4-12(18)10-17)5-8-16(9-6-15)13(19)11-2-3-11/h11-12,18H,2-10H2,1H3/t12-/m0/s1. The van der Waals surface area contributed by atoms with Gasteiger partial charge in [0.15, 0.2) is 0 Å². The monoisotopic (exact) mass is 296 g/mol. The molecule has 0 unspecified atom stereocenters. The molecular formula is C15H24N2O4. The molecule has 0 spiro atoms. The SMILES string of the molecule is COC1(C(=O)N2CC[C@H](O)C2)CCN(C(=O)C2CC2)CC1. The van der Waals surface area contributed by atoms with E-state index in [2.05, 4.69) is 0 Å². The van der Waals surface area contributed by atoms with Crippen molar-refractivity contribution >= 4 is 11.8 Å². The number of carbonyl (C=O) groups excluding carboxylic acids is 2. The molecule has 3 rings (SSSR count). The molecule has 21 heavy (non-hydrogen) atoms. The first-order valence-electron chi connectivity index (χ1n) is 7.87. The van der Waals surface area contributed by atoms with Gasteiger partial charge >= 0.3 is 0 Å². The number of ether oxygens (including phenoxy) is 1. The number of β-amino-alcohol motifs (C(OH)–C–C–N with tert-alkyl or cyclic N) is 1. The quantitative estimate of drug-likeness (QED) is 0.796. The third kappa shape index (κ3) is 2.79. The average Bonchev–Trinajstić information content (AvgIpc) is 3.27. The van der Waals surface area contributed by atoms with Crippen molar-refractivity contribution in [3.8, 4) is 0 Å². The third-order valence-electron chi connectivity index (χ3n) is 5.04. The van der Waals surface area contributed by atoms with Crippen LogP contribution in [-0.2, 0) is 14.3 Å². The van der Waals surface area contributed by atoms with Crippen LogP contribution in [0, 0.1) is 5.92 Å². The molecule has 2 heterocycles. The molecular weight excluding hydrogens is 272 g/mol. The molecule has 0 aromatic carbocycles. The summed E-state index contributed by atoms with van der Waals surface area (Å²) < 4.78 is 5.58. The summed E-state index contributed by atoms with van der Waals surface area (Å²) in [6.07, 6.45) is 3.34. The molecule has 1 N–H and O–H groups in total. The first-order chi connectivity index (χ1) is 10.1. The molecule has 6 heteroatoms. The van der Waals surface area contributed by atoms with Crippen molar-refractivity contribution in [3.05, 3.63) is 0 Å². The predicted octanol–water partition coefficient (Wildman–Crippen LogP) is -0.00280. The highest BCUT2D eigenvalue weighted by Gasteiger charge is 2.47. The summed E-state index contributed by atoms with van der Waals surface area (Å²) in [5, 5.41) is 9.60. The Labute approximate surface area is 125 Å². The summed E-state index contributed by atoms with van der Waals surface area (Å²) in [4.78, 5) is 28.4. The lowest BCUT2D eigenvalue weighted by atomic mass is 9.89. The molecule has 2 saturated heterocycles. The second-order valence-electron chi connectivity index (χ2n) is 6.49. The topological polar surface area (TPSA) is 70.1 Å². The van der Waals surface area contributed by atoms with E-state index in [-0.39, 0.29) is 17.7 Å². The Hall–Kier alpha value is -1.14. The van der Waals surface area contributed by atoms with Crippen LogP contribution in [-0.4, -0.2) is 71.7 Å². The molecule has 1 atom stereocenters. The zero-order valence-corrected chi connectivity index (χ0v) is 12.6. The van der Waals surface area contributed by atoms with Crippen molar-refractivity contribution in [2.24, 2.45) is 5.92 Å². The van der Waals surface area contributed by atoms with Gasteiger partial charge in [0.2, 0.25) is 5.91 Å². The summed E-state index contributed by atoms with van der Waals surface area (Å²) in [6.45, 7) is 2.17. The van der Waals surface area contributed by atoms with Crippen molar-refractivity contribution in [2.45, 2.75) is 43.8 Å². The molecule has 6 nitrogen and oxygen atoms in total. The number of hydrogen-bond acceptors (Lipinski definition) is 4. The maximum atomic E-state index is 12.7. The lowest BCUT2D eigenvalue weighted by Crippen LogP contribution is -2.56. The average molecular weight is 296 g/mol. The van der Waals surface area contributed by atoms with E-state index in [4.69, 9.17) is 4.74 Å². The van der Waals surface area contributed by atoms with Gasteiger partial charge in [-0.2, -0.15) is 0 Å². The minimum absolute atomic E-state index is 0.0277. The maximum Gasteiger partial charge on any atom is 0.255 e. The van der Waals surface area contributed by atoms with Crippen LogP contribution in [0.25, 0.3) is 0 Å². The number of amides is 2. The lowest BCUT2D eigenvalue weighted by Gasteiger charge is -2.41. The van der Waals surface area contributed by atoms with Gasteiger partial charge in [0.05, 0.1) is 6.10 Å². The van der Waals surface area contributed by atoms with Crippen LogP contribution in [0.15, 0.2) is 0 Å². The third-order valence-corrected chi connectivity index (χ3v) is 5.04. The number of aliphatic hydroxyl groups excluding tert-OH is 1. The van der Waals surface area contributed by atoms with E-state index in [0.717, 1.165) is 12.8 Å².